The molecule has 90 valence electrons. The second-order valence-electron chi connectivity index (χ2n) is 4.27. The van der Waals surface area contributed by atoms with E-state index in [2.05, 4.69) is 23.2 Å². The van der Waals surface area contributed by atoms with E-state index in [1.54, 1.807) is 23.7 Å². The first kappa shape index (κ1) is 11.4. The number of thiophene rings is 1. The van der Waals surface area contributed by atoms with E-state index in [0.29, 0.717) is 6.42 Å². The molecule has 1 N–H and O–H groups in total. The summed E-state index contributed by atoms with van der Waals surface area (Å²) < 4.78 is 1.22. The summed E-state index contributed by atoms with van der Waals surface area (Å²) in [7, 11) is 0. The van der Waals surface area contributed by atoms with Gasteiger partial charge in [-0.05, 0) is 29.1 Å². The zero-order chi connectivity index (χ0) is 12.4. The SMILES string of the molecule is OC(Cc1cccnc1)c1cc2ccccc2s1. The molecule has 2 nitrogen and oxygen atoms in total. The lowest BCUT2D eigenvalue weighted by molar-refractivity contribution is 0.182. The molecule has 0 aliphatic rings. The van der Waals surface area contributed by atoms with Crippen molar-refractivity contribution in [3.8, 4) is 0 Å². The number of hydrogen-bond acceptors (Lipinski definition) is 3. The van der Waals surface area contributed by atoms with E-state index < -0.39 is 6.10 Å². The van der Waals surface area contributed by atoms with Gasteiger partial charge >= 0.3 is 0 Å². The van der Waals surface area contributed by atoms with Crippen LogP contribution in [0.1, 0.15) is 16.5 Å². The molecule has 0 radical (unpaired) electrons. The van der Waals surface area contributed by atoms with Crippen molar-refractivity contribution < 1.29 is 5.11 Å². The van der Waals surface area contributed by atoms with E-state index in [1.165, 1.54) is 10.1 Å². The first-order chi connectivity index (χ1) is 8.83. The zero-order valence-electron chi connectivity index (χ0n) is 9.78. The highest BCUT2D eigenvalue weighted by molar-refractivity contribution is 7.19. The Morgan fingerprint density at radius 3 is 2.83 bits per heavy atom. The minimum atomic E-state index is -0.452. The first-order valence-electron chi connectivity index (χ1n) is 5.88. The second-order valence-corrected chi connectivity index (χ2v) is 5.38. The molecule has 1 unspecified atom stereocenters. The third kappa shape index (κ3) is 2.28. The zero-order valence-corrected chi connectivity index (χ0v) is 10.6. The lowest BCUT2D eigenvalue weighted by atomic mass is 10.1. The molecule has 2 heterocycles. The van der Waals surface area contributed by atoms with Gasteiger partial charge in [-0.2, -0.15) is 0 Å². The molecule has 3 rings (SSSR count). The Bertz CT molecular complexity index is 615. The van der Waals surface area contributed by atoms with Gasteiger partial charge in [-0.15, -0.1) is 11.3 Å². The topological polar surface area (TPSA) is 33.1 Å². The predicted molar refractivity (Wildman–Crippen MR) is 74.7 cm³/mol. The van der Waals surface area contributed by atoms with Gasteiger partial charge in [0.25, 0.3) is 0 Å². The van der Waals surface area contributed by atoms with Gasteiger partial charge in [0.2, 0.25) is 0 Å². The Labute approximate surface area is 110 Å². The molecule has 0 amide bonds. The number of hydrogen-bond donors (Lipinski definition) is 1. The van der Waals surface area contributed by atoms with Crippen molar-refractivity contribution in [3.05, 3.63) is 65.3 Å². The van der Waals surface area contributed by atoms with E-state index in [9.17, 15) is 5.11 Å². The number of aromatic nitrogens is 1. The fourth-order valence-corrected chi connectivity index (χ4v) is 3.06. The average Bonchev–Trinajstić information content (AvgIpc) is 2.84. The van der Waals surface area contributed by atoms with Crippen LogP contribution in [-0.4, -0.2) is 10.1 Å². The number of aliphatic hydroxyl groups excluding tert-OH is 1. The summed E-state index contributed by atoms with van der Waals surface area (Å²) in [6.07, 6.45) is 3.71. The van der Waals surface area contributed by atoms with Gasteiger partial charge in [-0.25, -0.2) is 0 Å². The summed E-state index contributed by atoms with van der Waals surface area (Å²) in [6.45, 7) is 0. The van der Waals surface area contributed by atoms with Crippen LogP contribution in [0.2, 0.25) is 0 Å². The highest BCUT2D eigenvalue weighted by Gasteiger charge is 2.12. The number of aliphatic hydroxyl groups is 1. The van der Waals surface area contributed by atoms with Crippen molar-refractivity contribution in [2.45, 2.75) is 12.5 Å². The maximum absolute atomic E-state index is 10.3. The molecule has 0 aliphatic heterocycles. The molecule has 0 spiro atoms. The molecule has 0 aliphatic carbocycles. The molecule has 1 atom stereocenters. The third-order valence-corrected chi connectivity index (χ3v) is 4.14. The number of rotatable bonds is 3. The maximum atomic E-state index is 10.3. The monoisotopic (exact) mass is 255 g/mol. The molecular formula is C15H13NOS. The fourth-order valence-electron chi connectivity index (χ4n) is 2.01. The van der Waals surface area contributed by atoms with Gasteiger partial charge in [0.1, 0.15) is 0 Å². The van der Waals surface area contributed by atoms with Crippen LogP contribution in [-0.2, 0) is 6.42 Å². The van der Waals surface area contributed by atoms with E-state index in [1.807, 2.05) is 24.3 Å². The maximum Gasteiger partial charge on any atom is 0.0923 e. The Balaban J connectivity index is 1.86. The second kappa shape index (κ2) is 4.88. The van der Waals surface area contributed by atoms with Crippen molar-refractivity contribution >= 4 is 21.4 Å². The van der Waals surface area contributed by atoms with Crippen molar-refractivity contribution in [2.24, 2.45) is 0 Å². The molecular weight excluding hydrogens is 242 g/mol. The smallest absolute Gasteiger partial charge is 0.0923 e. The molecule has 3 heteroatoms. The highest BCUT2D eigenvalue weighted by atomic mass is 32.1. The Morgan fingerprint density at radius 2 is 2.06 bits per heavy atom. The van der Waals surface area contributed by atoms with Crippen molar-refractivity contribution in [2.75, 3.05) is 0 Å². The Kier molecular flexibility index (Phi) is 3.09. The van der Waals surface area contributed by atoms with Crippen LogP contribution in [0, 0.1) is 0 Å². The van der Waals surface area contributed by atoms with Crippen LogP contribution in [0.25, 0.3) is 10.1 Å². The quantitative estimate of drug-likeness (QED) is 0.776. The lowest BCUT2D eigenvalue weighted by Crippen LogP contribution is -1.99. The van der Waals surface area contributed by atoms with Gasteiger partial charge in [-0.3, -0.25) is 4.98 Å². The number of pyridine rings is 1. The van der Waals surface area contributed by atoms with E-state index in [4.69, 9.17) is 0 Å². The Morgan fingerprint density at radius 1 is 1.17 bits per heavy atom. The van der Waals surface area contributed by atoms with Crippen molar-refractivity contribution in [1.82, 2.24) is 4.98 Å². The molecule has 2 aromatic heterocycles. The van der Waals surface area contributed by atoms with E-state index in [-0.39, 0.29) is 0 Å². The number of benzene rings is 1. The molecule has 3 aromatic rings. The Hall–Kier alpha value is -1.71. The van der Waals surface area contributed by atoms with E-state index >= 15 is 0 Å². The lowest BCUT2D eigenvalue weighted by Gasteiger charge is -2.07. The standard InChI is InChI=1S/C15H13NOS/c17-13(8-11-4-3-7-16-10-11)15-9-12-5-1-2-6-14(12)18-15/h1-7,9-10,13,17H,8H2. The van der Waals surface area contributed by atoms with E-state index in [0.717, 1.165) is 10.4 Å². The largest absolute Gasteiger partial charge is 0.387 e. The van der Waals surface area contributed by atoms with Gasteiger partial charge in [0.05, 0.1) is 6.10 Å². The molecule has 1 aromatic carbocycles. The van der Waals surface area contributed by atoms with Crippen LogP contribution in [0.5, 0.6) is 0 Å². The summed E-state index contributed by atoms with van der Waals surface area (Å²) >= 11 is 1.65. The summed E-state index contributed by atoms with van der Waals surface area (Å²) in [5, 5.41) is 11.5. The van der Waals surface area contributed by atoms with Gasteiger partial charge in [0, 0.05) is 28.4 Å². The fraction of sp³-hybridized carbons (Fsp3) is 0.133. The molecule has 0 bridgehead atoms. The third-order valence-electron chi connectivity index (χ3n) is 2.92. The van der Waals surface area contributed by atoms with Gasteiger partial charge < -0.3 is 5.11 Å². The summed E-state index contributed by atoms with van der Waals surface area (Å²) in [4.78, 5) is 5.08. The predicted octanol–water partition coefficient (Wildman–Crippen LogP) is 3.57. The summed E-state index contributed by atoms with van der Waals surface area (Å²) in [5.74, 6) is 0. The van der Waals surface area contributed by atoms with Gasteiger partial charge in [0.15, 0.2) is 0 Å². The highest BCUT2D eigenvalue weighted by Crippen LogP contribution is 2.31. The molecule has 0 saturated carbocycles. The average molecular weight is 255 g/mol. The normalized spacial score (nSPS) is 12.7. The van der Waals surface area contributed by atoms with Gasteiger partial charge in [-0.1, -0.05) is 24.3 Å². The number of nitrogens with zero attached hydrogens (tertiary/aromatic N) is 1. The van der Waals surface area contributed by atoms with Crippen LogP contribution in [0.3, 0.4) is 0 Å². The minimum absolute atomic E-state index is 0.452. The van der Waals surface area contributed by atoms with Crippen molar-refractivity contribution in [3.63, 3.8) is 0 Å². The molecule has 0 fully saturated rings. The van der Waals surface area contributed by atoms with Crippen LogP contribution >= 0.6 is 11.3 Å². The minimum Gasteiger partial charge on any atom is -0.387 e. The first-order valence-corrected chi connectivity index (χ1v) is 6.70. The number of fused-ring (bicyclic) bond motifs is 1. The van der Waals surface area contributed by atoms with Crippen LogP contribution < -0.4 is 0 Å². The molecule has 0 saturated heterocycles. The van der Waals surface area contributed by atoms with Crippen LogP contribution in [0.15, 0.2) is 54.9 Å². The summed E-state index contributed by atoms with van der Waals surface area (Å²) in [5.41, 5.74) is 1.06. The molecule has 18 heavy (non-hydrogen) atoms. The van der Waals surface area contributed by atoms with Crippen LogP contribution in [0.4, 0.5) is 0 Å². The van der Waals surface area contributed by atoms with Crippen molar-refractivity contribution in [1.29, 1.82) is 0 Å². The summed E-state index contributed by atoms with van der Waals surface area (Å²) in [6, 6.07) is 14.2.